The number of aromatic nitrogens is 4. The molecule has 2 aromatic heterocycles. The summed E-state index contributed by atoms with van der Waals surface area (Å²) in [5.41, 5.74) is 6.36. The lowest BCUT2D eigenvalue weighted by Crippen LogP contribution is -2.16. The third-order valence-electron chi connectivity index (χ3n) is 4.52. The number of primary amides is 1. The first kappa shape index (κ1) is 19.2. The van der Waals surface area contributed by atoms with Crippen LogP contribution in [0.4, 0.5) is 0 Å². The number of hydrogen-bond donors (Lipinski definition) is 2. The van der Waals surface area contributed by atoms with Gasteiger partial charge in [-0.2, -0.15) is 0 Å². The Morgan fingerprint density at radius 3 is 2.50 bits per heavy atom. The number of ether oxygens (including phenoxy) is 2. The molecule has 4 aromatic rings. The summed E-state index contributed by atoms with van der Waals surface area (Å²) in [5.74, 6) is 0.446. The number of nitrogens with zero attached hydrogens (tertiary/aromatic N) is 3. The van der Waals surface area contributed by atoms with Crippen LogP contribution in [-0.2, 0) is 0 Å². The monoisotopic (exact) mass is 405 g/mol. The van der Waals surface area contributed by atoms with Crippen molar-refractivity contribution >= 4 is 17.1 Å². The highest BCUT2D eigenvalue weighted by molar-refractivity contribution is 6.02. The summed E-state index contributed by atoms with van der Waals surface area (Å²) >= 11 is 0. The van der Waals surface area contributed by atoms with Crippen LogP contribution in [0.2, 0.25) is 0 Å². The van der Waals surface area contributed by atoms with Crippen molar-refractivity contribution < 1.29 is 14.3 Å². The first-order valence-electron chi connectivity index (χ1n) is 9.23. The zero-order chi connectivity index (χ0) is 21.3. The molecule has 152 valence electrons. The zero-order valence-electron chi connectivity index (χ0n) is 16.4. The van der Waals surface area contributed by atoms with Crippen LogP contribution in [-0.4, -0.2) is 39.1 Å². The molecular formula is C21H19N5O4. The molecule has 0 radical (unpaired) electrons. The van der Waals surface area contributed by atoms with E-state index in [1.807, 2.05) is 13.0 Å². The summed E-state index contributed by atoms with van der Waals surface area (Å²) in [7, 11) is 1.51. The highest BCUT2D eigenvalue weighted by Crippen LogP contribution is 2.30. The SMILES string of the molecule is CCOc1ccccc1-c1nc(C(N)=O)c2[nH]c(=O)n(-c3ccccc3OC)c2n1. The molecule has 0 bridgehead atoms. The maximum absolute atomic E-state index is 12.8. The molecule has 4 rings (SSSR count). The standard InChI is InChI=1S/C21H19N5O4/c1-3-30-14-10-6-4-8-12(14)19-23-16(18(22)27)17-20(25-19)26(21(28)24-17)13-9-5-7-11-15(13)29-2/h4-11H,3H2,1-2H3,(H2,22,27)(H,24,28). The van der Waals surface area contributed by atoms with Gasteiger partial charge in [0.05, 0.1) is 25.0 Å². The Morgan fingerprint density at radius 1 is 1.10 bits per heavy atom. The minimum atomic E-state index is -0.786. The molecule has 0 atom stereocenters. The smallest absolute Gasteiger partial charge is 0.332 e. The number of para-hydroxylation sites is 3. The van der Waals surface area contributed by atoms with Crippen LogP contribution >= 0.6 is 0 Å². The van der Waals surface area contributed by atoms with E-state index in [4.69, 9.17) is 15.2 Å². The van der Waals surface area contributed by atoms with E-state index in [2.05, 4.69) is 15.0 Å². The van der Waals surface area contributed by atoms with Gasteiger partial charge in [-0.25, -0.2) is 19.3 Å². The first-order valence-corrected chi connectivity index (χ1v) is 9.23. The lowest BCUT2D eigenvalue weighted by Gasteiger charge is -2.11. The highest BCUT2D eigenvalue weighted by atomic mass is 16.5. The summed E-state index contributed by atoms with van der Waals surface area (Å²) in [4.78, 5) is 36.5. The lowest BCUT2D eigenvalue weighted by molar-refractivity contribution is 0.0997. The Labute approximate surface area is 171 Å². The number of benzene rings is 2. The van der Waals surface area contributed by atoms with Crippen LogP contribution < -0.4 is 20.9 Å². The van der Waals surface area contributed by atoms with E-state index in [1.54, 1.807) is 42.5 Å². The van der Waals surface area contributed by atoms with Gasteiger partial charge in [0, 0.05) is 0 Å². The van der Waals surface area contributed by atoms with Crippen LogP contribution in [0.1, 0.15) is 17.4 Å². The minimum absolute atomic E-state index is 0.0907. The van der Waals surface area contributed by atoms with Crippen molar-refractivity contribution in [1.29, 1.82) is 0 Å². The molecule has 9 nitrogen and oxygen atoms in total. The zero-order valence-corrected chi connectivity index (χ0v) is 16.4. The second kappa shape index (κ2) is 7.70. The number of aromatic amines is 1. The van der Waals surface area contributed by atoms with E-state index < -0.39 is 11.6 Å². The fourth-order valence-corrected chi connectivity index (χ4v) is 3.25. The highest BCUT2D eigenvalue weighted by Gasteiger charge is 2.22. The summed E-state index contributed by atoms with van der Waals surface area (Å²) in [6.45, 7) is 2.30. The van der Waals surface area contributed by atoms with Crippen molar-refractivity contribution in [3.8, 4) is 28.6 Å². The first-order chi connectivity index (χ1) is 14.5. The molecule has 0 aliphatic carbocycles. The van der Waals surface area contributed by atoms with Gasteiger partial charge in [0.1, 0.15) is 17.0 Å². The van der Waals surface area contributed by atoms with Gasteiger partial charge < -0.3 is 20.2 Å². The molecule has 1 amide bonds. The maximum atomic E-state index is 12.8. The average molecular weight is 405 g/mol. The van der Waals surface area contributed by atoms with E-state index >= 15 is 0 Å². The van der Waals surface area contributed by atoms with Gasteiger partial charge in [-0.1, -0.05) is 24.3 Å². The second-order valence-electron chi connectivity index (χ2n) is 6.33. The Bertz CT molecular complexity index is 1310. The second-order valence-corrected chi connectivity index (χ2v) is 6.33. The van der Waals surface area contributed by atoms with Crippen LogP contribution in [0.25, 0.3) is 28.2 Å². The van der Waals surface area contributed by atoms with Crippen LogP contribution in [0, 0.1) is 0 Å². The maximum Gasteiger partial charge on any atom is 0.332 e. The topological polar surface area (TPSA) is 125 Å². The molecule has 3 N–H and O–H groups in total. The Morgan fingerprint density at radius 2 is 1.80 bits per heavy atom. The van der Waals surface area contributed by atoms with Gasteiger partial charge in [-0.15, -0.1) is 0 Å². The van der Waals surface area contributed by atoms with Crippen molar-refractivity contribution in [2.24, 2.45) is 5.73 Å². The van der Waals surface area contributed by atoms with Gasteiger partial charge in [0.25, 0.3) is 5.91 Å². The molecule has 30 heavy (non-hydrogen) atoms. The quantitative estimate of drug-likeness (QED) is 0.507. The number of methoxy groups -OCH3 is 1. The largest absolute Gasteiger partial charge is 0.495 e. The fourth-order valence-electron chi connectivity index (χ4n) is 3.25. The molecular weight excluding hydrogens is 386 g/mol. The molecule has 0 fully saturated rings. The molecule has 9 heteroatoms. The number of nitrogens with two attached hydrogens (primary N) is 1. The predicted octanol–water partition coefficient (Wildman–Crippen LogP) is 2.28. The number of nitrogens with one attached hydrogen (secondary N) is 1. The molecule has 0 aliphatic heterocycles. The summed E-state index contributed by atoms with van der Waals surface area (Å²) in [6, 6.07) is 14.2. The molecule has 2 aromatic carbocycles. The van der Waals surface area contributed by atoms with E-state index in [-0.39, 0.29) is 22.7 Å². The lowest BCUT2D eigenvalue weighted by atomic mass is 10.1. The van der Waals surface area contributed by atoms with Gasteiger partial charge in [-0.05, 0) is 31.2 Å². The normalized spacial score (nSPS) is 10.9. The number of carbonyl (C=O) groups is 1. The summed E-state index contributed by atoms with van der Waals surface area (Å²) < 4.78 is 12.4. The van der Waals surface area contributed by atoms with Gasteiger partial charge >= 0.3 is 5.69 Å². The van der Waals surface area contributed by atoms with E-state index in [0.717, 1.165) is 0 Å². The number of hydrogen-bond acceptors (Lipinski definition) is 6. The third-order valence-corrected chi connectivity index (χ3v) is 4.52. The third kappa shape index (κ3) is 3.16. The Kier molecular flexibility index (Phi) is 4.93. The Hall–Kier alpha value is -4.14. The summed E-state index contributed by atoms with van der Waals surface area (Å²) in [6.07, 6.45) is 0. The number of H-pyrrole nitrogens is 1. The number of imidazole rings is 1. The van der Waals surface area contributed by atoms with Gasteiger partial charge in [-0.3, -0.25) is 4.79 Å². The number of rotatable bonds is 6. The summed E-state index contributed by atoms with van der Waals surface area (Å²) in [5, 5.41) is 0. The van der Waals surface area contributed by atoms with Crippen LogP contribution in [0.5, 0.6) is 11.5 Å². The fraction of sp³-hybridized carbons (Fsp3) is 0.143. The van der Waals surface area contributed by atoms with Crippen molar-refractivity contribution in [1.82, 2.24) is 19.5 Å². The predicted molar refractivity (Wildman–Crippen MR) is 111 cm³/mol. The van der Waals surface area contributed by atoms with Crippen LogP contribution in [0.3, 0.4) is 0 Å². The Balaban J connectivity index is 2.07. The van der Waals surface area contributed by atoms with Crippen molar-refractivity contribution in [3.63, 3.8) is 0 Å². The minimum Gasteiger partial charge on any atom is -0.495 e. The molecule has 0 unspecified atom stereocenters. The number of carbonyl (C=O) groups excluding carboxylic acids is 1. The van der Waals surface area contributed by atoms with Crippen molar-refractivity contribution in [2.45, 2.75) is 6.92 Å². The number of fused-ring (bicyclic) bond motifs is 1. The van der Waals surface area contributed by atoms with E-state index in [0.29, 0.717) is 29.4 Å². The van der Waals surface area contributed by atoms with Crippen molar-refractivity contribution in [3.05, 3.63) is 64.7 Å². The number of amides is 1. The molecule has 2 heterocycles. The average Bonchev–Trinajstić information content (AvgIpc) is 3.09. The van der Waals surface area contributed by atoms with Gasteiger partial charge in [0.2, 0.25) is 0 Å². The van der Waals surface area contributed by atoms with E-state index in [9.17, 15) is 9.59 Å². The molecule has 0 spiro atoms. The van der Waals surface area contributed by atoms with Crippen molar-refractivity contribution in [2.75, 3.05) is 13.7 Å². The molecule has 0 saturated carbocycles. The van der Waals surface area contributed by atoms with Gasteiger partial charge in [0.15, 0.2) is 17.2 Å². The molecule has 0 saturated heterocycles. The molecule has 0 aliphatic rings. The van der Waals surface area contributed by atoms with E-state index in [1.165, 1.54) is 11.7 Å². The van der Waals surface area contributed by atoms with Crippen LogP contribution in [0.15, 0.2) is 53.3 Å².